The van der Waals surface area contributed by atoms with E-state index in [0.717, 1.165) is 16.5 Å². The van der Waals surface area contributed by atoms with Gasteiger partial charge in [-0.25, -0.2) is 0 Å². The van der Waals surface area contributed by atoms with E-state index in [9.17, 15) is 4.79 Å². The summed E-state index contributed by atoms with van der Waals surface area (Å²) in [5, 5.41) is 1.99. The Balaban J connectivity index is 2.14. The van der Waals surface area contributed by atoms with Crippen molar-refractivity contribution < 1.29 is 4.79 Å². The molecule has 0 spiro atoms. The fourth-order valence-electron chi connectivity index (χ4n) is 2.23. The Labute approximate surface area is 104 Å². The number of hydrogen-bond acceptors (Lipinski definition) is 2. The Morgan fingerprint density at radius 3 is 3.00 bits per heavy atom. The van der Waals surface area contributed by atoms with Crippen LogP contribution in [0.2, 0.25) is 0 Å². The standard InChI is InChI=1S/C13H11ClN2O/c14-10-6-13(17)16(8-10)12-3-1-2-9-4-5-15-7-11(9)12/h1-5,7,10H,6,8H2. The van der Waals surface area contributed by atoms with Crippen LogP contribution < -0.4 is 4.90 Å². The Kier molecular flexibility index (Phi) is 2.48. The first-order valence-electron chi connectivity index (χ1n) is 5.53. The fraction of sp³-hybridized carbons (Fsp3) is 0.231. The Hall–Kier alpha value is -1.61. The Morgan fingerprint density at radius 1 is 1.35 bits per heavy atom. The molecule has 0 aliphatic carbocycles. The molecule has 3 nitrogen and oxygen atoms in total. The molecule has 1 aromatic heterocycles. The van der Waals surface area contributed by atoms with Gasteiger partial charge in [-0.1, -0.05) is 12.1 Å². The highest BCUT2D eigenvalue weighted by Gasteiger charge is 2.29. The van der Waals surface area contributed by atoms with Crippen molar-refractivity contribution in [3.63, 3.8) is 0 Å². The van der Waals surface area contributed by atoms with Gasteiger partial charge < -0.3 is 4.90 Å². The number of carbonyl (C=O) groups is 1. The number of aromatic nitrogens is 1. The second kappa shape index (κ2) is 4.00. The first-order chi connectivity index (χ1) is 8.25. The van der Waals surface area contributed by atoms with E-state index in [1.165, 1.54) is 0 Å². The highest BCUT2D eigenvalue weighted by molar-refractivity contribution is 6.24. The molecule has 1 fully saturated rings. The number of amides is 1. The predicted molar refractivity (Wildman–Crippen MR) is 68.4 cm³/mol. The van der Waals surface area contributed by atoms with Crippen LogP contribution in [-0.2, 0) is 4.79 Å². The second-order valence-electron chi connectivity index (χ2n) is 4.18. The van der Waals surface area contributed by atoms with Crippen molar-refractivity contribution in [1.29, 1.82) is 0 Å². The first-order valence-corrected chi connectivity index (χ1v) is 5.96. The van der Waals surface area contributed by atoms with Crippen LogP contribution >= 0.6 is 11.6 Å². The fourth-order valence-corrected chi connectivity index (χ4v) is 2.50. The van der Waals surface area contributed by atoms with E-state index in [4.69, 9.17) is 11.6 Å². The minimum absolute atomic E-state index is 0.0846. The molecule has 2 heterocycles. The van der Waals surface area contributed by atoms with Gasteiger partial charge in [0.05, 0.1) is 11.1 Å². The summed E-state index contributed by atoms with van der Waals surface area (Å²) in [5.41, 5.74) is 0.906. The maximum absolute atomic E-state index is 11.8. The Morgan fingerprint density at radius 2 is 2.24 bits per heavy atom. The quantitative estimate of drug-likeness (QED) is 0.725. The smallest absolute Gasteiger partial charge is 0.228 e. The number of halogens is 1. The maximum atomic E-state index is 11.8. The zero-order valence-electron chi connectivity index (χ0n) is 9.14. The van der Waals surface area contributed by atoms with Gasteiger partial charge in [-0.15, -0.1) is 11.6 Å². The van der Waals surface area contributed by atoms with Crippen LogP contribution in [-0.4, -0.2) is 22.8 Å². The monoisotopic (exact) mass is 246 g/mol. The van der Waals surface area contributed by atoms with Crippen LogP contribution in [0.4, 0.5) is 5.69 Å². The van der Waals surface area contributed by atoms with E-state index in [1.54, 1.807) is 17.3 Å². The lowest BCUT2D eigenvalue weighted by atomic mass is 10.1. The van der Waals surface area contributed by atoms with Crippen molar-refractivity contribution in [2.75, 3.05) is 11.4 Å². The lowest BCUT2D eigenvalue weighted by molar-refractivity contribution is -0.117. The van der Waals surface area contributed by atoms with Crippen LogP contribution in [0.5, 0.6) is 0 Å². The molecule has 0 bridgehead atoms. The van der Waals surface area contributed by atoms with Gasteiger partial charge >= 0.3 is 0 Å². The molecule has 1 saturated heterocycles. The summed E-state index contributed by atoms with van der Waals surface area (Å²) >= 11 is 6.02. The number of nitrogens with zero attached hydrogens (tertiary/aromatic N) is 2. The molecule has 86 valence electrons. The third kappa shape index (κ3) is 1.76. The maximum Gasteiger partial charge on any atom is 0.228 e. The molecule has 4 heteroatoms. The van der Waals surface area contributed by atoms with Gasteiger partial charge in [-0.2, -0.15) is 0 Å². The van der Waals surface area contributed by atoms with E-state index in [-0.39, 0.29) is 11.3 Å². The summed E-state index contributed by atoms with van der Waals surface area (Å²) in [7, 11) is 0. The van der Waals surface area contributed by atoms with Gasteiger partial charge in [0.15, 0.2) is 0 Å². The first kappa shape index (κ1) is 10.5. The Bertz CT molecular complexity index is 579. The zero-order valence-corrected chi connectivity index (χ0v) is 9.89. The predicted octanol–water partition coefficient (Wildman–Crippen LogP) is 2.58. The minimum atomic E-state index is -0.0885. The molecule has 17 heavy (non-hydrogen) atoms. The summed E-state index contributed by atoms with van der Waals surface area (Å²) in [6, 6.07) is 7.85. The molecule has 1 atom stereocenters. The van der Waals surface area contributed by atoms with E-state index in [1.807, 2.05) is 24.3 Å². The number of carbonyl (C=O) groups excluding carboxylic acids is 1. The molecule has 0 radical (unpaired) electrons. The molecular weight excluding hydrogens is 236 g/mol. The molecular formula is C13H11ClN2O. The minimum Gasteiger partial charge on any atom is -0.310 e. The highest BCUT2D eigenvalue weighted by atomic mass is 35.5. The van der Waals surface area contributed by atoms with Gasteiger partial charge in [-0.3, -0.25) is 9.78 Å². The van der Waals surface area contributed by atoms with E-state index < -0.39 is 0 Å². The molecule has 2 aromatic rings. The normalized spacial score (nSPS) is 20.2. The molecule has 1 aromatic carbocycles. The van der Waals surface area contributed by atoms with Gasteiger partial charge in [0.1, 0.15) is 0 Å². The summed E-state index contributed by atoms with van der Waals surface area (Å²) in [6.45, 7) is 0.578. The number of benzene rings is 1. The number of hydrogen-bond donors (Lipinski definition) is 0. The molecule has 0 N–H and O–H groups in total. The number of pyridine rings is 1. The van der Waals surface area contributed by atoms with Gasteiger partial charge in [-0.05, 0) is 17.5 Å². The van der Waals surface area contributed by atoms with E-state index in [0.29, 0.717) is 13.0 Å². The average Bonchev–Trinajstić information content (AvgIpc) is 2.68. The van der Waals surface area contributed by atoms with Crippen molar-refractivity contribution in [2.24, 2.45) is 0 Å². The topological polar surface area (TPSA) is 33.2 Å². The van der Waals surface area contributed by atoms with Crippen molar-refractivity contribution >= 4 is 34.0 Å². The van der Waals surface area contributed by atoms with Crippen molar-refractivity contribution in [1.82, 2.24) is 4.98 Å². The van der Waals surface area contributed by atoms with Crippen molar-refractivity contribution in [3.05, 3.63) is 36.7 Å². The zero-order chi connectivity index (χ0) is 11.8. The van der Waals surface area contributed by atoms with Gasteiger partial charge in [0.2, 0.25) is 5.91 Å². The second-order valence-corrected chi connectivity index (χ2v) is 4.80. The molecule has 1 amide bonds. The largest absolute Gasteiger partial charge is 0.310 e. The molecule has 1 unspecified atom stereocenters. The van der Waals surface area contributed by atoms with Crippen LogP contribution in [0.3, 0.4) is 0 Å². The van der Waals surface area contributed by atoms with Crippen molar-refractivity contribution in [3.8, 4) is 0 Å². The summed E-state index contributed by atoms with van der Waals surface area (Å²) in [5.74, 6) is 0.0846. The number of anilines is 1. The number of fused-ring (bicyclic) bond motifs is 1. The summed E-state index contributed by atoms with van der Waals surface area (Å²) < 4.78 is 0. The molecule has 3 rings (SSSR count). The van der Waals surface area contributed by atoms with Gasteiger partial charge in [0, 0.05) is 30.7 Å². The lowest BCUT2D eigenvalue weighted by Crippen LogP contribution is -2.24. The lowest BCUT2D eigenvalue weighted by Gasteiger charge is -2.17. The molecule has 0 saturated carbocycles. The van der Waals surface area contributed by atoms with Crippen molar-refractivity contribution in [2.45, 2.75) is 11.8 Å². The SMILES string of the molecule is O=C1CC(Cl)CN1c1cccc2ccncc12. The van der Waals surface area contributed by atoms with Crippen LogP contribution in [0.1, 0.15) is 6.42 Å². The summed E-state index contributed by atoms with van der Waals surface area (Å²) in [6.07, 6.45) is 3.96. The van der Waals surface area contributed by atoms with Crippen LogP contribution in [0.25, 0.3) is 10.8 Å². The summed E-state index contributed by atoms with van der Waals surface area (Å²) in [4.78, 5) is 17.7. The van der Waals surface area contributed by atoms with Gasteiger partial charge in [0.25, 0.3) is 0 Å². The van der Waals surface area contributed by atoms with E-state index in [2.05, 4.69) is 4.98 Å². The van der Waals surface area contributed by atoms with Crippen LogP contribution in [0.15, 0.2) is 36.7 Å². The molecule has 1 aliphatic heterocycles. The number of rotatable bonds is 1. The molecule has 1 aliphatic rings. The third-order valence-corrected chi connectivity index (χ3v) is 3.32. The average molecular weight is 247 g/mol. The van der Waals surface area contributed by atoms with E-state index >= 15 is 0 Å². The number of alkyl halides is 1. The third-order valence-electron chi connectivity index (χ3n) is 3.03. The highest BCUT2D eigenvalue weighted by Crippen LogP contribution is 2.30. The van der Waals surface area contributed by atoms with Crippen LogP contribution in [0, 0.1) is 0 Å².